The number of amides is 1. The number of hydrogen-bond acceptors (Lipinski definition) is 5. The summed E-state index contributed by atoms with van der Waals surface area (Å²) >= 11 is 12.1. The molecular formula is C24H21Cl2N3O4. The van der Waals surface area contributed by atoms with Crippen molar-refractivity contribution in [2.45, 2.75) is 20.1 Å². The van der Waals surface area contributed by atoms with E-state index in [9.17, 15) is 4.79 Å². The van der Waals surface area contributed by atoms with Crippen molar-refractivity contribution in [3.8, 4) is 11.5 Å². The SMILES string of the molecule is COc1cccc(OCc2ccc(C(=O)Nc3cc(C)n(Cc4ccc(Cl)c(Cl)c4)n3)o2)c1. The van der Waals surface area contributed by atoms with E-state index in [-0.39, 0.29) is 12.4 Å². The van der Waals surface area contributed by atoms with Gasteiger partial charge in [0.2, 0.25) is 0 Å². The minimum Gasteiger partial charge on any atom is -0.497 e. The van der Waals surface area contributed by atoms with Gasteiger partial charge in [-0.15, -0.1) is 0 Å². The van der Waals surface area contributed by atoms with Crippen LogP contribution in [0.4, 0.5) is 5.82 Å². The lowest BCUT2D eigenvalue weighted by Crippen LogP contribution is -2.12. The van der Waals surface area contributed by atoms with Gasteiger partial charge in [-0.1, -0.05) is 35.3 Å². The Labute approximate surface area is 200 Å². The lowest BCUT2D eigenvalue weighted by molar-refractivity contribution is 0.0992. The number of hydrogen-bond donors (Lipinski definition) is 1. The smallest absolute Gasteiger partial charge is 0.292 e. The number of furan rings is 1. The number of aromatic nitrogens is 2. The van der Waals surface area contributed by atoms with Gasteiger partial charge in [0.15, 0.2) is 11.6 Å². The standard InChI is InChI=1S/C24H21Cl2N3O4/c1-15-10-23(28-29(15)13-16-6-8-20(25)21(26)11-16)27-24(30)22-9-7-19(33-22)14-32-18-5-3-4-17(12-18)31-2/h3-12H,13-14H2,1-2H3,(H,27,28,30). The molecule has 33 heavy (non-hydrogen) atoms. The topological polar surface area (TPSA) is 78.5 Å². The van der Waals surface area contributed by atoms with E-state index in [0.717, 1.165) is 11.3 Å². The number of halogens is 2. The largest absolute Gasteiger partial charge is 0.497 e. The molecule has 0 aliphatic heterocycles. The zero-order valence-corrected chi connectivity index (χ0v) is 19.5. The Morgan fingerprint density at radius 3 is 2.67 bits per heavy atom. The molecule has 2 aromatic carbocycles. The second kappa shape index (κ2) is 10.0. The van der Waals surface area contributed by atoms with Gasteiger partial charge in [0.05, 0.1) is 23.7 Å². The normalized spacial score (nSPS) is 10.8. The molecule has 4 aromatic rings. The molecule has 0 fully saturated rings. The van der Waals surface area contributed by atoms with Crippen LogP contribution in [0.3, 0.4) is 0 Å². The van der Waals surface area contributed by atoms with Gasteiger partial charge in [0, 0.05) is 17.8 Å². The molecule has 170 valence electrons. The highest BCUT2D eigenvalue weighted by Crippen LogP contribution is 2.24. The summed E-state index contributed by atoms with van der Waals surface area (Å²) in [7, 11) is 1.59. The van der Waals surface area contributed by atoms with Crippen LogP contribution in [-0.2, 0) is 13.2 Å². The van der Waals surface area contributed by atoms with Crippen molar-refractivity contribution < 1.29 is 18.7 Å². The Balaban J connectivity index is 1.37. The molecular weight excluding hydrogens is 465 g/mol. The van der Waals surface area contributed by atoms with Gasteiger partial charge in [-0.2, -0.15) is 5.10 Å². The number of nitrogens with zero attached hydrogens (tertiary/aromatic N) is 2. The third-order valence-electron chi connectivity index (χ3n) is 4.85. The number of carbonyl (C=O) groups is 1. The fourth-order valence-corrected chi connectivity index (χ4v) is 3.46. The first kappa shape index (κ1) is 22.8. The molecule has 0 radical (unpaired) electrons. The summed E-state index contributed by atoms with van der Waals surface area (Å²) in [5.74, 6) is 2.03. The number of ether oxygens (including phenoxy) is 2. The van der Waals surface area contributed by atoms with Gasteiger partial charge in [0.1, 0.15) is 23.9 Å². The van der Waals surface area contributed by atoms with Crippen LogP contribution in [0, 0.1) is 6.92 Å². The van der Waals surface area contributed by atoms with Gasteiger partial charge in [-0.05, 0) is 48.9 Å². The molecule has 0 spiro atoms. The number of rotatable bonds is 8. The number of nitrogens with one attached hydrogen (secondary N) is 1. The third-order valence-corrected chi connectivity index (χ3v) is 5.59. The van der Waals surface area contributed by atoms with Crippen molar-refractivity contribution in [2.75, 3.05) is 12.4 Å². The van der Waals surface area contributed by atoms with Crippen molar-refractivity contribution in [3.05, 3.63) is 93.5 Å². The van der Waals surface area contributed by atoms with E-state index in [1.807, 2.05) is 31.2 Å². The predicted octanol–water partition coefficient (Wildman–Crippen LogP) is 5.98. The van der Waals surface area contributed by atoms with Gasteiger partial charge >= 0.3 is 0 Å². The summed E-state index contributed by atoms with van der Waals surface area (Å²) in [6, 6.07) is 17.7. The highest BCUT2D eigenvalue weighted by molar-refractivity contribution is 6.42. The van der Waals surface area contributed by atoms with Crippen LogP contribution in [0.15, 0.2) is 65.1 Å². The summed E-state index contributed by atoms with van der Waals surface area (Å²) in [6.45, 7) is 2.57. The maximum absolute atomic E-state index is 12.6. The molecule has 2 aromatic heterocycles. The van der Waals surface area contributed by atoms with Gasteiger partial charge < -0.3 is 19.2 Å². The van der Waals surface area contributed by atoms with E-state index >= 15 is 0 Å². The second-order valence-electron chi connectivity index (χ2n) is 7.26. The highest BCUT2D eigenvalue weighted by Gasteiger charge is 2.15. The number of anilines is 1. The number of aryl methyl sites for hydroxylation is 1. The van der Waals surface area contributed by atoms with Crippen LogP contribution < -0.4 is 14.8 Å². The number of benzene rings is 2. The van der Waals surface area contributed by atoms with Crippen LogP contribution in [-0.4, -0.2) is 22.8 Å². The zero-order valence-electron chi connectivity index (χ0n) is 18.0. The third kappa shape index (κ3) is 5.69. The molecule has 0 bridgehead atoms. The van der Waals surface area contributed by atoms with Crippen molar-refractivity contribution in [1.29, 1.82) is 0 Å². The Hall–Kier alpha value is -3.42. The van der Waals surface area contributed by atoms with Crippen molar-refractivity contribution >= 4 is 34.9 Å². The summed E-state index contributed by atoms with van der Waals surface area (Å²) in [5.41, 5.74) is 1.82. The predicted molar refractivity (Wildman–Crippen MR) is 127 cm³/mol. The van der Waals surface area contributed by atoms with E-state index in [2.05, 4.69) is 10.4 Å². The Kier molecular flexibility index (Phi) is 6.91. The lowest BCUT2D eigenvalue weighted by Gasteiger charge is -2.06. The van der Waals surface area contributed by atoms with Crippen molar-refractivity contribution in [2.24, 2.45) is 0 Å². The molecule has 0 saturated heterocycles. The van der Waals surface area contributed by atoms with Crippen LogP contribution in [0.5, 0.6) is 11.5 Å². The van der Waals surface area contributed by atoms with Gasteiger partial charge in [-0.25, -0.2) is 0 Å². The molecule has 0 saturated carbocycles. The first-order chi connectivity index (χ1) is 15.9. The minimum absolute atomic E-state index is 0.163. The van der Waals surface area contributed by atoms with E-state index in [1.165, 1.54) is 0 Å². The molecule has 7 nitrogen and oxygen atoms in total. The first-order valence-electron chi connectivity index (χ1n) is 10.1. The number of carbonyl (C=O) groups excluding carboxylic acids is 1. The monoisotopic (exact) mass is 485 g/mol. The quantitative estimate of drug-likeness (QED) is 0.332. The molecule has 1 amide bonds. The minimum atomic E-state index is -0.401. The molecule has 4 rings (SSSR count). The average molecular weight is 486 g/mol. The summed E-state index contributed by atoms with van der Waals surface area (Å²) < 4.78 is 18.3. The zero-order chi connectivity index (χ0) is 23.4. The average Bonchev–Trinajstić information content (AvgIpc) is 3.41. The summed E-state index contributed by atoms with van der Waals surface area (Å²) in [6.07, 6.45) is 0. The number of methoxy groups -OCH3 is 1. The maximum atomic E-state index is 12.6. The van der Waals surface area contributed by atoms with E-state index in [0.29, 0.717) is 39.7 Å². The Morgan fingerprint density at radius 1 is 1.06 bits per heavy atom. The van der Waals surface area contributed by atoms with Gasteiger partial charge in [-0.3, -0.25) is 9.48 Å². The van der Waals surface area contributed by atoms with Gasteiger partial charge in [0.25, 0.3) is 5.91 Å². The molecule has 0 unspecified atom stereocenters. The Morgan fingerprint density at radius 2 is 1.88 bits per heavy atom. The van der Waals surface area contributed by atoms with Crippen LogP contribution in [0.1, 0.15) is 27.6 Å². The molecule has 0 atom stereocenters. The van der Waals surface area contributed by atoms with Crippen LogP contribution >= 0.6 is 23.2 Å². The van der Waals surface area contributed by atoms with E-state index in [4.69, 9.17) is 37.1 Å². The lowest BCUT2D eigenvalue weighted by atomic mass is 10.2. The fourth-order valence-electron chi connectivity index (χ4n) is 3.14. The molecule has 0 aliphatic rings. The molecule has 9 heteroatoms. The molecule has 1 N–H and O–H groups in total. The fraction of sp³-hybridized carbons (Fsp3) is 0.167. The van der Waals surface area contributed by atoms with Crippen molar-refractivity contribution in [1.82, 2.24) is 9.78 Å². The summed E-state index contributed by atoms with van der Waals surface area (Å²) in [5, 5.41) is 8.19. The van der Waals surface area contributed by atoms with Crippen LogP contribution in [0.25, 0.3) is 0 Å². The molecule has 0 aliphatic carbocycles. The molecule has 2 heterocycles. The maximum Gasteiger partial charge on any atom is 0.292 e. The van der Waals surface area contributed by atoms with Crippen LogP contribution in [0.2, 0.25) is 10.0 Å². The summed E-state index contributed by atoms with van der Waals surface area (Å²) in [4.78, 5) is 12.6. The highest BCUT2D eigenvalue weighted by atomic mass is 35.5. The van der Waals surface area contributed by atoms with Crippen molar-refractivity contribution in [3.63, 3.8) is 0 Å². The first-order valence-corrected chi connectivity index (χ1v) is 10.8. The van der Waals surface area contributed by atoms with E-state index < -0.39 is 5.91 Å². The van der Waals surface area contributed by atoms with E-state index in [1.54, 1.807) is 48.2 Å². The Bertz CT molecular complexity index is 1280. The second-order valence-corrected chi connectivity index (χ2v) is 8.08.